The van der Waals surface area contributed by atoms with Gasteiger partial charge in [0.2, 0.25) is 0 Å². The number of nitrogens with zero attached hydrogens (tertiary/aromatic N) is 1. The number of hydrogen-bond acceptors (Lipinski definition) is 2. The third kappa shape index (κ3) is 5.04. The van der Waals surface area contributed by atoms with E-state index in [4.69, 9.17) is 0 Å². The van der Waals surface area contributed by atoms with Gasteiger partial charge < -0.3 is 10.2 Å². The molecule has 118 valence electrons. The highest BCUT2D eigenvalue weighted by Crippen LogP contribution is 2.31. The Morgan fingerprint density at radius 2 is 1.80 bits per heavy atom. The van der Waals surface area contributed by atoms with Gasteiger partial charge in [0.05, 0.1) is 0 Å². The van der Waals surface area contributed by atoms with Crippen molar-refractivity contribution in [3.05, 3.63) is 0 Å². The van der Waals surface area contributed by atoms with E-state index >= 15 is 0 Å². The molecule has 1 aliphatic carbocycles. The maximum atomic E-state index is 3.80. The molecule has 0 radical (unpaired) electrons. The van der Waals surface area contributed by atoms with Gasteiger partial charge in [-0.1, -0.05) is 40.0 Å². The van der Waals surface area contributed by atoms with Crippen molar-refractivity contribution in [1.82, 2.24) is 10.2 Å². The molecule has 2 fully saturated rings. The normalized spacial score (nSPS) is 27.1. The molecular formula is C18H36N2. The standard InChI is InChI=1S/C18H36N2/c1-4-19-17(16-9-6-5-7-10-16)15-20-13-8-11-18(2,3)12-14-20/h16-17,19H,4-15H2,1-3H3. The molecule has 1 saturated heterocycles. The van der Waals surface area contributed by atoms with Gasteiger partial charge in [-0.05, 0) is 63.1 Å². The second-order valence-electron chi connectivity index (χ2n) is 7.88. The molecule has 1 aliphatic heterocycles. The van der Waals surface area contributed by atoms with E-state index in [0.29, 0.717) is 5.41 Å². The first-order valence-corrected chi connectivity index (χ1v) is 9.06. The van der Waals surface area contributed by atoms with E-state index in [0.717, 1.165) is 18.5 Å². The Morgan fingerprint density at radius 3 is 2.50 bits per heavy atom. The Balaban J connectivity index is 1.86. The van der Waals surface area contributed by atoms with E-state index in [-0.39, 0.29) is 0 Å². The molecule has 2 aliphatic rings. The molecule has 1 N–H and O–H groups in total. The first kappa shape index (κ1) is 16.3. The summed E-state index contributed by atoms with van der Waals surface area (Å²) in [5, 5.41) is 3.80. The number of nitrogens with one attached hydrogen (secondary N) is 1. The van der Waals surface area contributed by atoms with Gasteiger partial charge in [0.15, 0.2) is 0 Å². The summed E-state index contributed by atoms with van der Waals surface area (Å²) in [4.78, 5) is 2.75. The van der Waals surface area contributed by atoms with Crippen molar-refractivity contribution >= 4 is 0 Å². The SMILES string of the molecule is CCNC(CN1CCCC(C)(C)CC1)C1CCCCC1. The van der Waals surface area contributed by atoms with E-state index in [2.05, 4.69) is 31.0 Å². The van der Waals surface area contributed by atoms with E-state index in [1.807, 2.05) is 0 Å². The lowest BCUT2D eigenvalue weighted by Gasteiger charge is -2.35. The highest BCUT2D eigenvalue weighted by molar-refractivity contribution is 4.84. The zero-order valence-corrected chi connectivity index (χ0v) is 14.1. The van der Waals surface area contributed by atoms with Crippen LogP contribution < -0.4 is 5.32 Å². The molecular weight excluding hydrogens is 244 g/mol. The molecule has 2 rings (SSSR count). The summed E-state index contributed by atoms with van der Waals surface area (Å²) in [5.74, 6) is 0.931. The van der Waals surface area contributed by atoms with Crippen LogP contribution in [-0.4, -0.2) is 37.1 Å². The minimum atomic E-state index is 0.563. The fourth-order valence-electron chi connectivity index (χ4n) is 4.12. The largest absolute Gasteiger partial charge is 0.313 e. The lowest BCUT2D eigenvalue weighted by Crippen LogP contribution is -2.46. The lowest BCUT2D eigenvalue weighted by atomic mass is 9.83. The van der Waals surface area contributed by atoms with Gasteiger partial charge in [0.1, 0.15) is 0 Å². The van der Waals surface area contributed by atoms with E-state index in [1.54, 1.807) is 0 Å². The van der Waals surface area contributed by atoms with Crippen LogP contribution in [0.5, 0.6) is 0 Å². The number of rotatable bonds is 5. The van der Waals surface area contributed by atoms with Gasteiger partial charge >= 0.3 is 0 Å². The number of likely N-dealkylation sites (tertiary alicyclic amines) is 1. The van der Waals surface area contributed by atoms with Crippen LogP contribution in [0.4, 0.5) is 0 Å². The third-order valence-electron chi connectivity index (χ3n) is 5.57. The first-order valence-electron chi connectivity index (χ1n) is 9.06. The fourth-order valence-corrected chi connectivity index (χ4v) is 4.12. The van der Waals surface area contributed by atoms with Crippen LogP contribution in [0.25, 0.3) is 0 Å². The molecule has 1 saturated carbocycles. The summed E-state index contributed by atoms with van der Waals surface area (Å²) in [7, 11) is 0. The molecule has 1 atom stereocenters. The maximum absolute atomic E-state index is 3.80. The predicted octanol–water partition coefficient (Wildman–Crippen LogP) is 4.06. The highest BCUT2D eigenvalue weighted by atomic mass is 15.2. The molecule has 2 heteroatoms. The van der Waals surface area contributed by atoms with Crippen LogP contribution in [0.15, 0.2) is 0 Å². The van der Waals surface area contributed by atoms with Crippen molar-refractivity contribution in [2.45, 2.75) is 78.2 Å². The van der Waals surface area contributed by atoms with Crippen LogP contribution in [0.3, 0.4) is 0 Å². The Bertz CT molecular complexity index is 269. The Morgan fingerprint density at radius 1 is 1.05 bits per heavy atom. The Kier molecular flexibility index (Phi) is 6.35. The summed E-state index contributed by atoms with van der Waals surface area (Å²) in [6, 6.07) is 0.738. The lowest BCUT2D eigenvalue weighted by molar-refractivity contribution is 0.183. The monoisotopic (exact) mass is 280 g/mol. The van der Waals surface area contributed by atoms with E-state index in [9.17, 15) is 0 Å². The first-order chi connectivity index (χ1) is 9.61. The van der Waals surface area contributed by atoms with Crippen LogP contribution in [0, 0.1) is 11.3 Å². The Hall–Kier alpha value is -0.0800. The van der Waals surface area contributed by atoms with Gasteiger partial charge in [0.25, 0.3) is 0 Å². The molecule has 0 bridgehead atoms. The van der Waals surface area contributed by atoms with Crippen LogP contribution in [0.1, 0.15) is 72.1 Å². The van der Waals surface area contributed by atoms with Crippen molar-refractivity contribution in [2.75, 3.05) is 26.2 Å². The zero-order chi connectivity index (χ0) is 14.4. The Labute approximate surface area is 126 Å². The average molecular weight is 280 g/mol. The second-order valence-corrected chi connectivity index (χ2v) is 7.88. The summed E-state index contributed by atoms with van der Waals surface area (Å²) >= 11 is 0. The van der Waals surface area contributed by atoms with Crippen molar-refractivity contribution in [3.63, 3.8) is 0 Å². The van der Waals surface area contributed by atoms with Crippen molar-refractivity contribution in [3.8, 4) is 0 Å². The third-order valence-corrected chi connectivity index (χ3v) is 5.57. The smallest absolute Gasteiger partial charge is 0.0223 e. The van der Waals surface area contributed by atoms with Gasteiger partial charge in [-0.3, -0.25) is 0 Å². The topological polar surface area (TPSA) is 15.3 Å². The van der Waals surface area contributed by atoms with Crippen molar-refractivity contribution in [1.29, 1.82) is 0 Å². The maximum Gasteiger partial charge on any atom is 0.0223 e. The summed E-state index contributed by atoms with van der Waals surface area (Å²) in [6.07, 6.45) is 11.5. The van der Waals surface area contributed by atoms with Crippen LogP contribution in [-0.2, 0) is 0 Å². The van der Waals surface area contributed by atoms with Crippen molar-refractivity contribution in [2.24, 2.45) is 11.3 Å². The zero-order valence-electron chi connectivity index (χ0n) is 14.1. The molecule has 0 aromatic heterocycles. The van der Waals surface area contributed by atoms with E-state index < -0.39 is 0 Å². The van der Waals surface area contributed by atoms with Crippen LogP contribution >= 0.6 is 0 Å². The minimum Gasteiger partial charge on any atom is -0.313 e. The molecule has 1 unspecified atom stereocenters. The summed E-state index contributed by atoms with van der Waals surface area (Å²) < 4.78 is 0. The summed E-state index contributed by atoms with van der Waals surface area (Å²) in [5.41, 5.74) is 0.563. The van der Waals surface area contributed by atoms with Gasteiger partial charge in [-0.2, -0.15) is 0 Å². The van der Waals surface area contributed by atoms with Gasteiger partial charge in [-0.25, -0.2) is 0 Å². The average Bonchev–Trinajstić information content (AvgIpc) is 2.61. The van der Waals surface area contributed by atoms with Crippen molar-refractivity contribution < 1.29 is 0 Å². The molecule has 20 heavy (non-hydrogen) atoms. The molecule has 1 heterocycles. The molecule has 0 amide bonds. The van der Waals surface area contributed by atoms with Gasteiger partial charge in [-0.15, -0.1) is 0 Å². The highest BCUT2D eigenvalue weighted by Gasteiger charge is 2.27. The number of hydrogen-bond donors (Lipinski definition) is 1. The molecule has 0 aromatic carbocycles. The molecule has 0 aromatic rings. The number of likely N-dealkylation sites (N-methyl/N-ethyl adjacent to an activating group) is 1. The predicted molar refractivity (Wildman–Crippen MR) is 88.1 cm³/mol. The molecule has 2 nitrogen and oxygen atoms in total. The minimum absolute atomic E-state index is 0.563. The quantitative estimate of drug-likeness (QED) is 0.817. The fraction of sp³-hybridized carbons (Fsp3) is 1.00. The second kappa shape index (κ2) is 7.79. The van der Waals surface area contributed by atoms with E-state index in [1.165, 1.54) is 71.0 Å². The van der Waals surface area contributed by atoms with Gasteiger partial charge in [0, 0.05) is 12.6 Å². The molecule has 0 spiro atoms. The summed E-state index contributed by atoms with van der Waals surface area (Å²) in [6.45, 7) is 12.2. The van der Waals surface area contributed by atoms with Crippen LogP contribution in [0.2, 0.25) is 0 Å².